The quantitative estimate of drug-likeness (QED) is 0.535. The van der Waals surface area contributed by atoms with Gasteiger partial charge in [0.25, 0.3) is 0 Å². The second-order valence-corrected chi connectivity index (χ2v) is 5.00. The van der Waals surface area contributed by atoms with Crippen molar-refractivity contribution < 1.29 is 24.5 Å². The predicted molar refractivity (Wildman–Crippen MR) is 89.9 cm³/mol. The van der Waals surface area contributed by atoms with Crippen molar-refractivity contribution in [1.29, 1.82) is 0 Å². The number of anilines is 1. The van der Waals surface area contributed by atoms with Crippen LogP contribution in [-0.4, -0.2) is 16.1 Å². The summed E-state index contributed by atoms with van der Waals surface area (Å²) in [4.78, 5) is 5.94. The van der Waals surface area contributed by atoms with Crippen LogP contribution in [0.25, 0.3) is 11.4 Å². The minimum Gasteiger partial charge on any atom is -0.574 e. The van der Waals surface area contributed by atoms with Crippen molar-refractivity contribution in [2.75, 3.05) is 4.90 Å². The molecule has 4 rings (SSSR count). The Morgan fingerprint density at radius 3 is 2.64 bits per heavy atom. The van der Waals surface area contributed by atoms with Crippen LogP contribution in [0.1, 0.15) is 0 Å². The molecule has 5 nitrogen and oxygen atoms in total. The molecule has 128 valence electrons. The van der Waals surface area contributed by atoms with Gasteiger partial charge in [-0.05, 0) is 18.3 Å². The van der Waals surface area contributed by atoms with Crippen molar-refractivity contribution in [2.45, 2.75) is 6.04 Å². The van der Waals surface area contributed by atoms with E-state index in [4.69, 9.17) is 5.73 Å². The summed E-state index contributed by atoms with van der Waals surface area (Å²) in [5.41, 5.74) is 8.11. The maximum absolute atomic E-state index is 12.5. The Morgan fingerprint density at radius 2 is 2.08 bits per heavy atom. The molecule has 0 saturated carbocycles. The average Bonchev–Trinajstić information content (AvgIpc) is 3.29. The molecule has 0 fully saturated rings. The molecule has 0 radical (unpaired) electrons. The maximum Gasteiger partial charge on any atom is 3.00 e. The minimum atomic E-state index is -0.281. The Bertz CT molecular complexity index is 775. The van der Waals surface area contributed by atoms with E-state index in [0.717, 1.165) is 17.1 Å². The monoisotopic (exact) mass is 513 g/mol. The Hall–Kier alpha value is -2.34. The summed E-state index contributed by atoms with van der Waals surface area (Å²) in [5.74, 6) is -0.281. The molecule has 0 aliphatic carbocycles. The molecule has 3 heterocycles. The maximum atomic E-state index is 12.5. The molecule has 7 heteroatoms. The van der Waals surface area contributed by atoms with Crippen LogP contribution < -0.4 is 15.7 Å². The second kappa shape index (κ2) is 9.22. The van der Waals surface area contributed by atoms with Crippen LogP contribution in [-0.2, 0) is 20.1 Å². The summed E-state index contributed by atoms with van der Waals surface area (Å²) in [5, 5.41) is 7.58. The van der Waals surface area contributed by atoms with Crippen LogP contribution in [0.5, 0.6) is 0 Å². The molecule has 1 atom stereocenters. The second-order valence-electron chi connectivity index (χ2n) is 5.00. The number of hydrogen-bond acceptors (Lipinski definition) is 4. The van der Waals surface area contributed by atoms with Gasteiger partial charge in [-0.3, -0.25) is 9.37 Å². The summed E-state index contributed by atoms with van der Waals surface area (Å²) in [6.07, 6.45) is 7.10. The Balaban J connectivity index is 0.000000175. The molecule has 2 aromatic heterocycles. The van der Waals surface area contributed by atoms with Gasteiger partial charge in [0.1, 0.15) is 0 Å². The predicted octanol–water partition coefficient (Wildman–Crippen LogP) is 2.55. The zero-order valence-electron chi connectivity index (χ0n) is 13.1. The first-order valence-corrected chi connectivity index (χ1v) is 7.32. The van der Waals surface area contributed by atoms with Gasteiger partial charge in [-0.25, -0.2) is 6.54 Å². The standard InChI is InChI=1S/C10H9FN2.C8H6N3.Ir/c11-8-1-3-10(4-2-8)13-6-5-9(12)7-13;1-2-5-9-7(3-1)8-4-6-10-11-8;/h1-3,5-7,9H,12H2;1-6H;/q-2;-1;+3. The summed E-state index contributed by atoms with van der Waals surface area (Å²) in [6, 6.07) is 14.7. The molecule has 0 spiro atoms. The fourth-order valence-corrected chi connectivity index (χ4v) is 2.08. The normalized spacial score (nSPS) is 15.3. The van der Waals surface area contributed by atoms with Crippen molar-refractivity contribution in [1.82, 2.24) is 15.2 Å². The molecule has 0 saturated heterocycles. The molecule has 1 aliphatic heterocycles. The van der Waals surface area contributed by atoms with Crippen LogP contribution in [0, 0.1) is 18.4 Å². The number of hydrogen-bond donors (Lipinski definition) is 1. The van der Waals surface area contributed by atoms with Gasteiger partial charge in [0.15, 0.2) is 0 Å². The number of halogens is 1. The average molecular weight is 513 g/mol. The van der Waals surface area contributed by atoms with Gasteiger partial charge in [-0.2, -0.15) is 6.07 Å². The first-order chi connectivity index (χ1) is 11.7. The summed E-state index contributed by atoms with van der Waals surface area (Å²) in [6.45, 7) is 1.84. The molecule has 2 N–H and O–H groups in total. The molecule has 1 aliphatic rings. The van der Waals surface area contributed by atoms with Crippen molar-refractivity contribution >= 4 is 5.69 Å². The SMILES string of the molecule is NC1C=CN(c2[c-]cc(F)cc2)[CH-]1.[Ir+3].c1ccc(-c2ccn[n-]2)nc1. The van der Waals surface area contributed by atoms with Gasteiger partial charge >= 0.3 is 20.1 Å². The Labute approximate surface area is 159 Å². The number of aromatic nitrogens is 3. The molecule has 3 aromatic rings. The number of nitrogens with two attached hydrogens (primary N) is 1. The number of rotatable bonds is 2. The molecule has 1 unspecified atom stereocenters. The molecule has 0 amide bonds. The van der Waals surface area contributed by atoms with E-state index < -0.39 is 0 Å². The van der Waals surface area contributed by atoms with E-state index in [0.29, 0.717) is 0 Å². The Morgan fingerprint density at radius 1 is 1.20 bits per heavy atom. The fourth-order valence-electron chi connectivity index (χ4n) is 2.08. The van der Waals surface area contributed by atoms with E-state index in [9.17, 15) is 4.39 Å². The van der Waals surface area contributed by atoms with Crippen molar-refractivity contribution in [2.24, 2.45) is 5.73 Å². The first-order valence-electron chi connectivity index (χ1n) is 7.32. The summed E-state index contributed by atoms with van der Waals surface area (Å²) in [7, 11) is 0. The summed E-state index contributed by atoms with van der Waals surface area (Å²) >= 11 is 0. The molecule has 1 aromatic carbocycles. The van der Waals surface area contributed by atoms with E-state index >= 15 is 0 Å². The van der Waals surface area contributed by atoms with Crippen LogP contribution >= 0.6 is 0 Å². The number of benzene rings is 1. The van der Waals surface area contributed by atoms with Crippen molar-refractivity contribution in [3.63, 3.8) is 0 Å². The summed E-state index contributed by atoms with van der Waals surface area (Å²) < 4.78 is 12.5. The smallest absolute Gasteiger partial charge is 0.574 e. The van der Waals surface area contributed by atoms with Crippen LogP contribution in [0.3, 0.4) is 0 Å². The van der Waals surface area contributed by atoms with Gasteiger partial charge in [0, 0.05) is 23.9 Å². The third-order valence-electron chi connectivity index (χ3n) is 3.23. The van der Waals surface area contributed by atoms with Gasteiger partial charge in [-0.1, -0.05) is 29.9 Å². The molecule has 0 bridgehead atoms. The third-order valence-corrected chi connectivity index (χ3v) is 3.23. The van der Waals surface area contributed by atoms with Crippen LogP contribution in [0.2, 0.25) is 0 Å². The molecule has 25 heavy (non-hydrogen) atoms. The van der Waals surface area contributed by atoms with Gasteiger partial charge in [0.2, 0.25) is 0 Å². The van der Waals surface area contributed by atoms with E-state index in [2.05, 4.69) is 21.2 Å². The van der Waals surface area contributed by atoms with E-state index in [1.165, 1.54) is 12.1 Å². The van der Waals surface area contributed by atoms with E-state index in [1.807, 2.05) is 48.0 Å². The van der Waals surface area contributed by atoms with Crippen molar-refractivity contribution in [3.8, 4) is 11.4 Å². The molecular weight excluding hydrogens is 497 g/mol. The topological polar surface area (TPSA) is 69.1 Å². The van der Waals surface area contributed by atoms with E-state index in [-0.39, 0.29) is 32.0 Å². The first kappa shape index (κ1) is 19.0. The largest absolute Gasteiger partial charge is 3.00 e. The number of nitrogens with zero attached hydrogens (tertiary/aromatic N) is 4. The van der Waals surface area contributed by atoms with Gasteiger partial charge in [0.05, 0.1) is 0 Å². The van der Waals surface area contributed by atoms with Gasteiger partial charge in [-0.15, -0.1) is 23.9 Å². The zero-order valence-corrected chi connectivity index (χ0v) is 15.5. The number of pyridine rings is 1. The van der Waals surface area contributed by atoms with Crippen LogP contribution in [0.15, 0.2) is 67.1 Å². The molecular formula is C18H15FIrN5. The van der Waals surface area contributed by atoms with Crippen molar-refractivity contribution in [3.05, 3.63) is 85.6 Å². The zero-order chi connectivity index (χ0) is 16.8. The fraction of sp³-hybridized carbons (Fsp3) is 0.0556. The minimum absolute atomic E-state index is 0. The van der Waals surface area contributed by atoms with E-state index in [1.54, 1.807) is 18.5 Å². The third kappa shape index (κ3) is 5.32. The Kier molecular flexibility index (Phi) is 7.01. The van der Waals surface area contributed by atoms with Crippen LogP contribution in [0.4, 0.5) is 10.1 Å². The van der Waals surface area contributed by atoms with Gasteiger partial charge < -0.3 is 20.8 Å².